The number of rotatable bonds is 4. The summed E-state index contributed by atoms with van der Waals surface area (Å²) in [5, 5.41) is 2.94. The van der Waals surface area contributed by atoms with E-state index in [2.05, 4.69) is 5.32 Å². The van der Waals surface area contributed by atoms with Gasteiger partial charge in [0, 0.05) is 19.8 Å². The first-order chi connectivity index (χ1) is 7.90. The van der Waals surface area contributed by atoms with Gasteiger partial charge in [-0.05, 0) is 52.4 Å². The van der Waals surface area contributed by atoms with Crippen molar-refractivity contribution in [3.05, 3.63) is 0 Å². The van der Waals surface area contributed by atoms with Crippen LogP contribution in [0.25, 0.3) is 0 Å². The van der Waals surface area contributed by atoms with Gasteiger partial charge in [0.25, 0.3) is 0 Å². The van der Waals surface area contributed by atoms with E-state index in [1.54, 1.807) is 7.11 Å². The van der Waals surface area contributed by atoms with Gasteiger partial charge in [-0.25, -0.2) is 4.79 Å². The molecule has 4 nitrogen and oxygen atoms in total. The highest BCUT2D eigenvalue weighted by atomic mass is 16.6. The third-order valence-electron chi connectivity index (χ3n) is 2.99. The van der Waals surface area contributed by atoms with Crippen molar-refractivity contribution < 1.29 is 14.3 Å². The Balaban J connectivity index is 2.23. The molecular formula is C13H25NO3. The largest absolute Gasteiger partial charge is 0.444 e. The molecule has 17 heavy (non-hydrogen) atoms. The van der Waals surface area contributed by atoms with Gasteiger partial charge in [-0.3, -0.25) is 0 Å². The summed E-state index contributed by atoms with van der Waals surface area (Å²) in [5.74, 6) is 0.676. The zero-order valence-corrected chi connectivity index (χ0v) is 11.4. The lowest BCUT2D eigenvalue weighted by atomic mass is 10.0. The number of carbonyl (C=O) groups excluding carboxylic acids is 1. The maximum atomic E-state index is 11.6. The first-order valence-corrected chi connectivity index (χ1v) is 6.39. The standard InChI is InChI=1S/C13H25NO3/c1-13(2,3)17-12(15)14-11-6-5-10(9-11)7-8-16-4/h10-11H,5-9H2,1-4H3,(H,14,15)/t10-,11-/m1/s1. The van der Waals surface area contributed by atoms with Gasteiger partial charge in [-0.1, -0.05) is 0 Å². The highest BCUT2D eigenvalue weighted by Crippen LogP contribution is 2.28. The van der Waals surface area contributed by atoms with E-state index in [0.29, 0.717) is 5.92 Å². The summed E-state index contributed by atoms with van der Waals surface area (Å²) in [7, 11) is 1.73. The van der Waals surface area contributed by atoms with Crippen molar-refractivity contribution in [3.8, 4) is 0 Å². The Morgan fingerprint density at radius 1 is 1.35 bits per heavy atom. The molecule has 0 heterocycles. The lowest BCUT2D eigenvalue weighted by Gasteiger charge is -2.21. The minimum absolute atomic E-state index is 0.270. The molecule has 0 aromatic heterocycles. The monoisotopic (exact) mass is 243 g/mol. The Kier molecular flexibility index (Phi) is 5.25. The molecule has 0 saturated heterocycles. The molecule has 4 heteroatoms. The second kappa shape index (κ2) is 6.24. The third-order valence-corrected chi connectivity index (χ3v) is 2.99. The van der Waals surface area contributed by atoms with Crippen LogP contribution in [0.2, 0.25) is 0 Å². The van der Waals surface area contributed by atoms with Gasteiger partial charge < -0.3 is 14.8 Å². The fourth-order valence-electron chi connectivity index (χ4n) is 2.23. The summed E-state index contributed by atoms with van der Waals surface area (Å²) in [4.78, 5) is 11.6. The van der Waals surface area contributed by atoms with Crippen molar-refractivity contribution in [2.24, 2.45) is 5.92 Å². The number of carbonyl (C=O) groups is 1. The van der Waals surface area contributed by atoms with Crippen LogP contribution in [0.4, 0.5) is 4.79 Å². The van der Waals surface area contributed by atoms with Gasteiger partial charge in [-0.2, -0.15) is 0 Å². The van der Waals surface area contributed by atoms with E-state index in [1.165, 1.54) is 6.42 Å². The molecule has 0 aromatic carbocycles. The van der Waals surface area contributed by atoms with E-state index in [-0.39, 0.29) is 12.1 Å². The molecule has 1 rings (SSSR count). The van der Waals surface area contributed by atoms with Crippen molar-refractivity contribution in [3.63, 3.8) is 0 Å². The highest BCUT2D eigenvalue weighted by Gasteiger charge is 2.27. The molecule has 1 amide bonds. The number of hydrogen-bond donors (Lipinski definition) is 1. The van der Waals surface area contributed by atoms with Crippen molar-refractivity contribution >= 4 is 6.09 Å². The van der Waals surface area contributed by atoms with Crippen LogP contribution < -0.4 is 5.32 Å². The average Bonchev–Trinajstić information content (AvgIpc) is 2.59. The van der Waals surface area contributed by atoms with Gasteiger partial charge >= 0.3 is 6.09 Å². The SMILES string of the molecule is COCC[C@H]1CC[C@@H](NC(=O)OC(C)(C)C)C1. The van der Waals surface area contributed by atoms with Gasteiger partial charge in [0.15, 0.2) is 0 Å². The van der Waals surface area contributed by atoms with E-state index < -0.39 is 5.60 Å². The maximum absolute atomic E-state index is 11.6. The highest BCUT2D eigenvalue weighted by molar-refractivity contribution is 5.68. The Morgan fingerprint density at radius 2 is 2.06 bits per heavy atom. The van der Waals surface area contributed by atoms with Gasteiger partial charge in [0.2, 0.25) is 0 Å². The van der Waals surface area contributed by atoms with E-state index in [1.807, 2.05) is 20.8 Å². The minimum Gasteiger partial charge on any atom is -0.444 e. The van der Waals surface area contributed by atoms with Crippen LogP contribution in [0, 0.1) is 5.92 Å². The van der Waals surface area contributed by atoms with Crippen molar-refractivity contribution in [1.29, 1.82) is 0 Å². The first-order valence-electron chi connectivity index (χ1n) is 6.39. The predicted molar refractivity (Wildman–Crippen MR) is 67.0 cm³/mol. The Labute approximate surface area is 104 Å². The fourth-order valence-corrected chi connectivity index (χ4v) is 2.23. The zero-order chi connectivity index (χ0) is 12.9. The van der Waals surface area contributed by atoms with E-state index >= 15 is 0 Å². The van der Waals surface area contributed by atoms with Crippen LogP contribution in [0.1, 0.15) is 46.5 Å². The number of nitrogens with one attached hydrogen (secondary N) is 1. The van der Waals surface area contributed by atoms with Gasteiger partial charge in [-0.15, -0.1) is 0 Å². The lowest BCUT2D eigenvalue weighted by Crippen LogP contribution is -2.37. The van der Waals surface area contributed by atoms with Crippen LogP contribution in [-0.2, 0) is 9.47 Å². The average molecular weight is 243 g/mol. The number of alkyl carbamates (subject to hydrolysis) is 1. The molecular weight excluding hydrogens is 218 g/mol. The summed E-state index contributed by atoms with van der Waals surface area (Å²) in [5.41, 5.74) is -0.419. The molecule has 0 aliphatic heterocycles. The molecule has 0 aromatic rings. The summed E-state index contributed by atoms with van der Waals surface area (Å²) < 4.78 is 10.3. The molecule has 0 bridgehead atoms. The van der Waals surface area contributed by atoms with E-state index in [9.17, 15) is 4.79 Å². The van der Waals surface area contributed by atoms with Gasteiger partial charge in [0.05, 0.1) is 0 Å². The number of methoxy groups -OCH3 is 1. The molecule has 1 aliphatic rings. The van der Waals surface area contributed by atoms with Crippen LogP contribution in [-0.4, -0.2) is 31.5 Å². The van der Waals surface area contributed by atoms with Crippen LogP contribution in [0.15, 0.2) is 0 Å². The molecule has 100 valence electrons. The quantitative estimate of drug-likeness (QED) is 0.826. The van der Waals surface area contributed by atoms with E-state index in [4.69, 9.17) is 9.47 Å². The summed E-state index contributed by atoms with van der Waals surface area (Å²) in [6, 6.07) is 0.270. The normalized spacial score (nSPS) is 24.7. The molecule has 0 spiro atoms. The fraction of sp³-hybridized carbons (Fsp3) is 0.923. The second-order valence-electron chi connectivity index (χ2n) is 5.80. The lowest BCUT2D eigenvalue weighted by molar-refractivity contribution is 0.0504. The third kappa shape index (κ3) is 5.91. The van der Waals surface area contributed by atoms with Gasteiger partial charge in [0.1, 0.15) is 5.60 Å². The minimum atomic E-state index is -0.419. The number of amides is 1. The smallest absolute Gasteiger partial charge is 0.407 e. The Bertz CT molecular complexity index is 248. The van der Waals surface area contributed by atoms with Crippen LogP contribution in [0.3, 0.4) is 0 Å². The molecule has 0 radical (unpaired) electrons. The maximum Gasteiger partial charge on any atom is 0.407 e. The Hall–Kier alpha value is -0.770. The number of ether oxygens (including phenoxy) is 2. The summed E-state index contributed by atoms with van der Waals surface area (Å²) >= 11 is 0. The topological polar surface area (TPSA) is 47.6 Å². The molecule has 2 atom stereocenters. The Morgan fingerprint density at radius 3 is 2.65 bits per heavy atom. The second-order valence-corrected chi connectivity index (χ2v) is 5.80. The van der Waals surface area contributed by atoms with E-state index in [0.717, 1.165) is 25.9 Å². The zero-order valence-electron chi connectivity index (χ0n) is 11.4. The van der Waals surface area contributed by atoms with Crippen LogP contribution in [0.5, 0.6) is 0 Å². The summed E-state index contributed by atoms with van der Waals surface area (Å²) in [6.45, 7) is 6.44. The summed E-state index contributed by atoms with van der Waals surface area (Å²) in [6.07, 6.45) is 4.05. The molecule has 1 N–H and O–H groups in total. The molecule has 1 aliphatic carbocycles. The van der Waals surface area contributed by atoms with Crippen molar-refractivity contribution in [2.75, 3.05) is 13.7 Å². The molecule has 1 fully saturated rings. The van der Waals surface area contributed by atoms with Crippen LogP contribution >= 0.6 is 0 Å². The predicted octanol–water partition coefficient (Wildman–Crippen LogP) is 2.72. The van der Waals surface area contributed by atoms with Crippen molar-refractivity contribution in [1.82, 2.24) is 5.32 Å². The van der Waals surface area contributed by atoms with Crippen molar-refractivity contribution in [2.45, 2.75) is 58.1 Å². The molecule has 1 saturated carbocycles. The first kappa shape index (κ1) is 14.3. The molecule has 0 unspecified atom stereocenters. The number of hydrogen-bond acceptors (Lipinski definition) is 3.